The molecular weight excluding hydrogens is 226 g/mol. The zero-order valence-corrected chi connectivity index (χ0v) is 10.4. The second-order valence-electron chi connectivity index (χ2n) is 5.57. The second kappa shape index (κ2) is 3.72. The van der Waals surface area contributed by atoms with E-state index in [-0.39, 0.29) is 0 Å². The van der Waals surface area contributed by atoms with Crippen LogP contribution in [-0.4, -0.2) is 31.2 Å². The first-order chi connectivity index (χ1) is 8.86. The van der Waals surface area contributed by atoms with E-state index in [4.69, 9.17) is 4.42 Å². The van der Waals surface area contributed by atoms with Gasteiger partial charge in [0.15, 0.2) is 0 Å². The van der Waals surface area contributed by atoms with Gasteiger partial charge >= 0.3 is 0 Å². The molecule has 18 heavy (non-hydrogen) atoms. The third kappa shape index (κ3) is 1.45. The fourth-order valence-electron chi connectivity index (χ4n) is 3.39. The Bertz CT molecular complexity index is 571. The van der Waals surface area contributed by atoms with Crippen LogP contribution in [-0.2, 0) is 0 Å². The van der Waals surface area contributed by atoms with Crippen LogP contribution in [0, 0.1) is 5.41 Å². The summed E-state index contributed by atoms with van der Waals surface area (Å²) in [5.74, 6) is 1.09. The van der Waals surface area contributed by atoms with E-state index in [2.05, 4.69) is 15.2 Å². The maximum absolute atomic E-state index is 5.46. The third-order valence-corrected chi connectivity index (χ3v) is 4.43. The van der Waals surface area contributed by atoms with Gasteiger partial charge in [0.2, 0.25) is 0 Å². The Morgan fingerprint density at radius 2 is 2.33 bits per heavy atom. The number of anilines is 1. The molecule has 0 bridgehead atoms. The molecule has 2 aliphatic rings. The standard InChI is InChI=1S/C14H17N3O/c1-5-16-13(11-2-8-18-12(1)11)17-7-4-14(10-17)3-6-15-9-14/h1-2,5,8,15H,3-4,6-7,9-10H2. The maximum Gasteiger partial charge on any atom is 0.139 e. The molecule has 0 aromatic carbocycles. The lowest BCUT2D eigenvalue weighted by Crippen LogP contribution is -2.29. The summed E-state index contributed by atoms with van der Waals surface area (Å²) in [5.41, 5.74) is 1.42. The van der Waals surface area contributed by atoms with Gasteiger partial charge in [0.05, 0.1) is 11.6 Å². The van der Waals surface area contributed by atoms with Crippen molar-refractivity contribution in [1.29, 1.82) is 0 Å². The summed E-state index contributed by atoms with van der Waals surface area (Å²) in [6, 6.07) is 3.96. The molecule has 1 atom stereocenters. The summed E-state index contributed by atoms with van der Waals surface area (Å²) >= 11 is 0. The molecule has 94 valence electrons. The van der Waals surface area contributed by atoms with Gasteiger partial charge < -0.3 is 14.6 Å². The highest BCUT2D eigenvalue weighted by atomic mass is 16.3. The number of hydrogen-bond donors (Lipinski definition) is 1. The number of pyridine rings is 1. The quantitative estimate of drug-likeness (QED) is 0.832. The van der Waals surface area contributed by atoms with Crippen LogP contribution >= 0.6 is 0 Å². The molecule has 2 aromatic rings. The monoisotopic (exact) mass is 243 g/mol. The van der Waals surface area contributed by atoms with Crippen molar-refractivity contribution in [3.63, 3.8) is 0 Å². The van der Waals surface area contributed by atoms with Crippen LogP contribution in [0.2, 0.25) is 0 Å². The van der Waals surface area contributed by atoms with E-state index < -0.39 is 0 Å². The number of rotatable bonds is 1. The fourth-order valence-corrected chi connectivity index (χ4v) is 3.39. The van der Waals surface area contributed by atoms with Crippen molar-refractivity contribution in [3.05, 3.63) is 24.6 Å². The molecule has 2 aliphatic heterocycles. The van der Waals surface area contributed by atoms with Crippen molar-refractivity contribution >= 4 is 16.8 Å². The summed E-state index contributed by atoms with van der Waals surface area (Å²) < 4.78 is 5.46. The first-order valence-electron chi connectivity index (χ1n) is 6.64. The van der Waals surface area contributed by atoms with Gasteiger partial charge in [-0.25, -0.2) is 4.98 Å². The van der Waals surface area contributed by atoms with E-state index in [1.165, 1.54) is 12.8 Å². The average molecular weight is 243 g/mol. The van der Waals surface area contributed by atoms with E-state index in [9.17, 15) is 0 Å². The van der Waals surface area contributed by atoms with Gasteiger partial charge in [-0.15, -0.1) is 0 Å². The number of fused-ring (bicyclic) bond motifs is 1. The Hall–Kier alpha value is -1.55. The van der Waals surface area contributed by atoms with Gasteiger partial charge in [0.25, 0.3) is 0 Å². The molecule has 2 aromatic heterocycles. The van der Waals surface area contributed by atoms with Crippen molar-refractivity contribution < 1.29 is 4.42 Å². The van der Waals surface area contributed by atoms with Crippen molar-refractivity contribution in [2.45, 2.75) is 12.8 Å². The van der Waals surface area contributed by atoms with E-state index in [1.54, 1.807) is 6.26 Å². The van der Waals surface area contributed by atoms with Crippen LogP contribution in [0.25, 0.3) is 11.0 Å². The highest BCUT2D eigenvalue weighted by Gasteiger charge is 2.41. The van der Waals surface area contributed by atoms with Gasteiger partial charge in [-0.3, -0.25) is 0 Å². The highest BCUT2D eigenvalue weighted by Crippen LogP contribution is 2.39. The third-order valence-electron chi connectivity index (χ3n) is 4.43. The Kier molecular flexibility index (Phi) is 2.14. The Balaban J connectivity index is 1.70. The van der Waals surface area contributed by atoms with E-state index in [0.717, 1.165) is 43.0 Å². The summed E-state index contributed by atoms with van der Waals surface area (Å²) in [7, 11) is 0. The van der Waals surface area contributed by atoms with Crippen LogP contribution in [0.5, 0.6) is 0 Å². The largest absolute Gasteiger partial charge is 0.464 e. The number of nitrogens with zero attached hydrogens (tertiary/aromatic N) is 2. The smallest absolute Gasteiger partial charge is 0.139 e. The Labute approximate surface area is 106 Å². The Morgan fingerprint density at radius 1 is 1.33 bits per heavy atom. The lowest BCUT2D eigenvalue weighted by molar-refractivity contribution is 0.369. The van der Waals surface area contributed by atoms with Crippen LogP contribution < -0.4 is 10.2 Å². The number of nitrogens with one attached hydrogen (secondary N) is 1. The lowest BCUT2D eigenvalue weighted by Gasteiger charge is -2.23. The summed E-state index contributed by atoms with van der Waals surface area (Å²) in [5, 5.41) is 4.63. The van der Waals surface area contributed by atoms with E-state index >= 15 is 0 Å². The number of hydrogen-bond acceptors (Lipinski definition) is 4. The normalized spacial score (nSPS) is 27.7. The first-order valence-corrected chi connectivity index (χ1v) is 6.64. The fraction of sp³-hybridized carbons (Fsp3) is 0.500. The van der Waals surface area contributed by atoms with Gasteiger partial charge in [0, 0.05) is 31.2 Å². The molecule has 0 amide bonds. The average Bonchev–Trinajstić information content (AvgIpc) is 3.11. The zero-order chi connectivity index (χ0) is 12.0. The summed E-state index contributed by atoms with van der Waals surface area (Å²) in [6.07, 6.45) is 6.17. The van der Waals surface area contributed by atoms with E-state index in [1.807, 2.05) is 18.3 Å². The predicted molar refractivity (Wildman–Crippen MR) is 70.8 cm³/mol. The van der Waals surface area contributed by atoms with Crippen molar-refractivity contribution in [2.75, 3.05) is 31.1 Å². The van der Waals surface area contributed by atoms with Gasteiger partial charge in [-0.2, -0.15) is 0 Å². The molecular formula is C14H17N3O. The molecule has 4 rings (SSSR count). The topological polar surface area (TPSA) is 41.3 Å². The SMILES string of the molecule is c1cc2occc2c(N2CCC3(CCNC3)C2)n1. The molecule has 0 saturated carbocycles. The van der Waals surface area contributed by atoms with Gasteiger partial charge in [0.1, 0.15) is 11.4 Å². The molecule has 4 nitrogen and oxygen atoms in total. The minimum absolute atomic E-state index is 0.480. The maximum atomic E-state index is 5.46. The molecule has 2 saturated heterocycles. The molecule has 2 fully saturated rings. The van der Waals surface area contributed by atoms with Crippen LogP contribution in [0.15, 0.2) is 29.0 Å². The minimum Gasteiger partial charge on any atom is -0.464 e. The van der Waals surface area contributed by atoms with E-state index in [0.29, 0.717) is 5.41 Å². The van der Waals surface area contributed by atoms with Crippen LogP contribution in [0.1, 0.15) is 12.8 Å². The van der Waals surface area contributed by atoms with Crippen molar-refractivity contribution in [3.8, 4) is 0 Å². The molecule has 0 radical (unpaired) electrons. The second-order valence-corrected chi connectivity index (χ2v) is 5.57. The van der Waals surface area contributed by atoms with Crippen LogP contribution in [0.4, 0.5) is 5.82 Å². The lowest BCUT2D eigenvalue weighted by atomic mass is 9.87. The zero-order valence-electron chi connectivity index (χ0n) is 10.4. The molecule has 4 heterocycles. The summed E-state index contributed by atoms with van der Waals surface area (Å²) in [6.45, 7) is 4.55. The van der Waals surface area contributed by atoms with Gasteiger partial charge in [-0.05, 0) is 31.5 Å². The van der Waals surface area contributed by atoms with Crippen molar-refractivity contribution in [1.82, 2.24) is 10.3 Å². The molecule has 4 heteroatoms. The first kappa shape index (κ1) is 10.4. The predicted octanol–water partition coefficient (Wildman–Crippen LogP) is 2.02. The Morgan fingerprint density at radius 3 is 3.22 bits per heavy atom. The highest BCUT2D eigenvalue weighted by molar-refractivity contribution is 5.88. The molecule has 1 spiro atoms. The molecule has 1 unspecified atom stereocenters. The summed E-state index contributed by atoms with van der Waals surface area (Å²) in [4.78, 5) is 6.98. The van der Waals surface area contributed by atoms with Crippen molar-refractivity contribution in [2.24, 2.45) is 5.41 Å². The molecule has 1 N–H and O–H groups in total. The minimum atomic E-state index is 0.480. The van der Waals surface area contributed by atoms with Gasteiger partial charge in [-0.1, -0.05) is 0 Å². The van der Waals surface area contributed by atoms with Crippen LogP contribution in [0.3, 0.4) is 0 Å². The number of furan rings is 1. The molecule has 0 aliphatic carbocycles. The number of aromatic nitrogens is 1.